The maximum atomic E-state index is 10.6. The van der Waals surface area contributed by atoms with Crippen LogP contribution in [0.4, 0.5) is 0 Å². The second-order valence-electron chi connectivity index (χ2n) is 4.28. The van der Waals surface area contributed by atoms with Crippen LogP contribution < -0.4 is 5.32 Å². The van der Waals surface area contributed by atoms with E-state index in [9.17, 15) is 4.79 Å². The fourth-order valence-electron chi connectivity index (χ4n) is 1.79. The van der Waals surface area contributed by atoms with Crippen LogP contribution in [0.15, 0.2) is 0 Å². The second-order valence-corrected chi connectivity index (χ2v) is 4.28. The molecule has 0 aromatic rings. The Hall–Kier alpha value is -0.530. The van der Waals surface area contributed by atoms with Crippen molar-refractivity contribution < 1.29 is 4.79 Å². The molecule has 0 spiro atoms. The summed E-state index contributed by atoms with van der Waals surface area (Å²) >= 11 is 0. The van der Waals surface area contributed by atoms with Crippen LogP contribution in [-0.2, 0) is 4.79 Å². The quantitative estimate of drug-likeness (QED) is 0.686. The first-order valence-electron chi connectivity index (χ1n) is 4.84. The molecule has 1 aliphatic rings. The average Bonchev–Trinajstić information content (AvgIpc) is 1.82. The molecule has 0 atom stereocenters. The van der Waals surface area contributed by atoms with E-state index < -0.39 is 0 Å². The Morgan fingerprint density at radius 1 is 1.50 bits per heavy atom. The summed E-state index contributed by atoms with van der Waals surface area (Å²) in [6.45, 7) is 7.02. The molecule has 1 N–H and O–H groups in total. The molecule has 0 heterocycles. The lowest BCUT2D eigenvalue weighted by Gasteiger charge is -2.38. The molecule has 0 bridgehead atoms. The third kappa shape index (κ3) is 2.50. The van der Waals surface area contributed by atoms with Crippen LogP contribution in [0.1, 0.15) is 33.6 Å². The van der Waals surface area contributed by atoms with Crippen LogP contribution in [0.3, 0.4) is 0 Å². The number of hydrogen-bond acceptors (Lipinski definition) is 1. The van der Waals surface area contributed by atoms with Crippen molar-refractivity contribution in [2.45, 2.75) is 33.6 Å². The molecule has 0 aliphatic heterocycles. The van der Waals surface area contributed by atoms with Gasteiger partial charge in [0.1, 0.15) is 0 Å². The molecule has 12 heavy (non-hydrogen) atoms. The standard InChI is InChI=1S/C10H19NO/c1-7(2)10-4-9(5-10)6-11-8(3)12/h7,9-10H,4-6H2,1-3H3,(H,11,12). The third-order valence-electron chi connectivity index (χ3n) is 2.85. The Morgan fingerprint density at radius 2 is 2.08 bits per heavy atom. The maximum absolute atomic E-state index is 10.6. The van der Waals surface area contributed by atoms with Crippen molar-refractivity contribution in [1.82, 2.24) is 5.32 Å². The summed E-state index contributed by atoms with van der Waals surface area (Å²) in [7, 11) is 0. The summed E-state index contributed by atoms with van der Waals surface area (Å²) in [5.41, 5.74) is 0. The monoisotopic (exact) mass is 169 g/mol. The van der Waals surface area contributed by atoms with Crippen LogP contribution in [0.2, 0.25) is 0 Å². The molecular formula is C10H19NO. The van der Waals surface area contributed by atoms with Crippen molar-refractivity contribution in [3.8, 4) is 0 Å². The van der Waals surface area contributed by atoms with Crippen molar-refractivity contribution >= 4 is 5.91 Å². The fraction of sp³-hybridized carbons (Fsp3) is 0.900. The molecule has 1 aliphatic carbocycles. The summed E-state index contributed by atoms with van der Waals surface area (Å²) in [5.74, 6) is 2.58. The number of carbonyl (C=O) groups is 1. The molecule has 1 fully saturated rings. The molecule has 2 nitrogen and oxygen atoms in total. The highest BCUT2D eigenvalue weighted by atomic mass is 16.1. The summed E-state index contributed by atoms with van der Waals surface area (Å²) in [6, 6.07) is 0. The number of hydrogen-bond donors (Lipinski definition) is 1. The highest BCUT2D eigenvalue weighted by Gasteiger charge is 2.30. The summed E-state index contributed by atoms with van der Waals surface area (Å²) in [4.78, 5) is 10.6. The minimum atomic E-state index is 0.1000. The highest BCUT2D eigenvalue weighted by molar-refractivity contribution is 5.72. The van der Waals surface area contributed by atoms with Gasteiger partial charge in [-0.15, -0.1) is 0 Å². The molecule has 0 radical (unpaired) electrons. The Morgan fingerprint density at radius 3 is 2.50 bits per heavy atom. The molecule has 1 rings (SSSR count). The summed E-state index contributed by atoms with van der Waals surface area (Å²) < 4.78 is 0. The van der Waals surface area contributed by atoms with E-state index in [1.165, 1.54) is 12.8 Å². The molecule has 0 aromatic carbocycles. The molecule has 0 saturated heterocycles. The van der Waals surface area contributed by atoms with Gasteiger partial charge in [-0.1, -0.05) is 13.8 Å². The lowest BCUT2D eigenvalue weighted by atomic mass is 9.69. The lowest BCUT2D eigenvalue weighted by molar-refractivity contribution is -0.119. The van der Waals surface area contributed by atoms with Crippen molar-refractivity contribution in [2.75, 3.05) is 6.54 Å². The molecule has 0 unspecified atom stereocenters. The predicted molar refractivity (Wildman–Crippen MR) is 49.7 cm³/mol. The van der Waals surface area contributed by atoms with E-state index in [1.807, 2.05) is 0 Å². The van der Waals surface area contributed by atoms with Gasteiger partial charge in [0.25, 0.3) is 0 Å². The van der Waals surface area contributed by atoms with Gasteiger partial charge >= 0.3 is 0 Å². The Kier molecular flexibility index (Phi) is 3.12. The van der Waals surface area contributed by atoms with Crippen molar-refractivity contribution in [3.63, 3.8) is 0 Å². The number of carbonyl (C=O) groups excluding carboxylic acids is 1. The van der Waals surface area contributed by atoms with E-state index in [4.69, 9.17) is 0 Å². The van der Waals surface area contributed by atoms with Crippen molar-refractivity contribution in [2.24, 2.45) is 17.8 Å². The molecular weight excluding hydrogens is 150 g/mol. The molecule has 70 valence electrons. The zero-order valence-corrected chi connectivity index (χ0v) is 8.26. The van der Waals surface area contributed by atoms with E-state index >= 15 is 0 Å². The SMILES string of the molecule is CC(=O)NCC1CC(C(C)C)C1. The smallest absolute Gasteiger partial charge is 0.216 e. The molecule has 2 heteroatoms. The van der Waals surface area contributed by atoms with Gasteiger partial charge in [0.05, 0.1) is 0 Å². The number of nitrogens with one attached hydrogen (secondary N) is 1. The van der Waals surface area contributed by atoms with Gasteiger partial charge < -0.3 is 5.32 Å². The van der Waals surface area contributed by atoms with E-state index in [-0.39, 0.29) is 5.91 Å². The fourth-order valence-corrected chi connectivity index (χ4v) is 1.79. The van der Waals surface area contributed by atoms with Gasteiger partial charge in [0, 0.05) is 13.5 Å². The minimum Gasteiger partial charge on any atom is -0.356 e. The van der Waals surface area contributed by atoms with E-state index in [2.05, 4.69) is 19.2 Å². The van der Waals surface area contributed by atoms with E-state index in [0.29, 0.717) is 0 Å². The zero-order valence-electron chi connectivity index (χ0n) is 8.26. The number of rotatable bonds is 3. The highest BCUT2D eigenvalue weighted by Crippen LogP contribution is 2.38. The zero-order chi connectivity index (χ0) is 9.14. The normalized spacial score (nSPS) is 28.3. The first kappa shape index (κ1) is 9.56. The average molecular weight is 169 g/mol. The van der Waals surface area contributed by atoms with Crippen LogP contribution in [-0.4, -0.2) is 12.5 Å². The predicted octanol–water partition coefficient (Wildman–Crippen LogP) is 1.80. The molecule has 0 aromatic heterocycles. The molecule has 1 amide bonds. The first-order valence-corrected chi connectivity index (χ1v) is 4.84. The second kappa shape index (κ2) is 3.92. The largest absolute Gasteiger partial charge is 0.356 e. The summed E-state index contributed by atoms with van der Waals surface area (Å²) in [6.07, 6.45) is 2.61. The topological polar surface area (TPSA) is 29.1 Å². The van der Waals surface area contributed by atoms with Crippen molar-refractivity contribution in [1.29, 1.82) is 0 Å². The maximum Gasteiger partial charge on any atom is 0.216 e. The first-order chi connectivity index (χ1) is 5.59. The van der Waals surface area contributed by atoms with Crippen LogP contribution in [0.5, 0.6) is 0 Å². The van der Waals surface area contributed by atoms with Crippen LogP contribution >= 0.6 is 0 Å². The summed E-state index contributed by atoms with van der Waals surface area (Å²) in [5, 5.41) is 2.87. The lowest BCUT2D eigenvalue weighted by Crippen LogP contribution is -2.36. The Labute approximate surface area is 74.7 Å². The Bertz CT molecular complexity index is 159. The minimum absolute atomic E-state index is 0.1000. The third-order valence-corrected chi connectivity index (χ3v) is 2.85. The van der Waals surface area contributed by atoms with Gasteiger partial charge in [-0.3, -0.25) is 4.79 Å². The van der Waals surface area contributed by atoms with Gasteiger partial charge in [-0.05, 0) is 30.6 Å². The van der Waals surface area contributed by atoms with E-state index in [1.54, 1.807) is 6.92 Å². The van der Waals surface area contributed by atoms with Gasteiger partial charge in [0.15, 0.2) is 0 Å². The van der Waals surface area contributed by atoms with Gasteiger partial charge in [-0.2, -0.15) is 0 Å². The van der Waals surface area contributed by atoms with Crippen molar-refractivity contribution in [3.05, 3.63) is 0 Å². The van der Waals surface area contributed by atoms with Gasteiger partial charge in [-0.25, -0.2) is 0 Å². The van der Waals surface area contributed by atoms with E-state index in [0.717, 1.165) is 24.3 Å². The molecule has 1 saturated carbocycles. The van der Waals surface area contributed by atoms with Gasteiger partial charge in [0.2, 0.25) is 5.91 Å². The van der Waals surface area contributed by atoms with Crippen LogP contribution in [0.25, 0.3) is 0 Å². The number of amides is 1. The Balaban J connectivity index is 2.06. The van der Waals surface area contributed by atoms with Crippen LogP contribution in [0, 0.1) is 17.8 Å².